The van der Waals surface area contributed by atoms with Gasteiger partial charge in [0.05, 0.1) is 16.7 Å². The van der Waals surface area contributed by atoms with E-state index >= 15 is 0 Å². The fraction of sp³-hybridized carbons (Fsp3) is 0.273. The van der Waals surface area contributed by atoms with E-state index in [-0.39, 0.29) is 0 Å². The van der Waals surface area contributed by atoms with Crippen molar-refractivity contribution in [1.82, 2.24) is 0 Å². The molecule has 0 radical (unpaired) electrons. The predicted molar refractivity (Wildman–Crippen MR) is 56.7 cm³/mol. The van der Waals surface area contributed by atoms with Gasteiger partial charge in [0.1, 0.15) is 0 Å². The van der Waals surface area contributed by atoms with Gasteiger partial charge >= 0.3 is 18.1 Å². The Labute approximate surface area is 101 Å². The first-order valence-electron chi connectivity index (χ1n) is 4.91. The monoisotopic (exact) mass is 264 g/mol. The molecule has 0 saturated carbocycles. The predicted octanol–water partition coefficient (Wildman–Crippen LogP) is 3.13. The van der Waals surface area contributed by atoms with Crippen molar-refractivity contribution in [3.8, 4) is 0 Å². The molecule has 0 aliphatic carbocycles. The van der Waals surface area contributed by atoms with Crippen LogP contribution in [0.2, 0.25) is 0 Å². The standard InChI is InChI=1S/C9H5F3O4.C2H6/c10-9(11,12)4-1-2-5(7(13)14)6(3-4)8(15)16;1-2/h1-3H,(H,13,14)(H,15,16);1-2H3. The van der Waals surface area contributed by atoms with Crippen LogP contribution < -0.4 is 0 Å². The average molecular weight is 264 g/mol. The van der Waals surface area contributed by atoms with Crippen molar-refractivity contribution in [1.29, 1.82) is 0 Å². The first-order chi connectivity index (χ1) is 8.23. The third kappa shape index (κ3) is 3.76. The first-order valence-corrected chi connectivity index (χ1v) is 4.91. The normalized spacial score (nSPS) is 10.3. The largest absolute Gasteiger partial charge is 0.478 e. The molecule has 0 bridgehead atoms. The molecule has 2 N–H and O–H groups in total. The van der Waals surface area contributed by atoms with E-state index in [1.807, 2.05) is 13.8 Å². The van der Waals surface area contributed by atoms with E-state index in [4.69, 9.17) is 10.2 Å². The molecule has 0 heterocycles. The van der Waals surface area contributed by atoms with Gasteiger partial charge in [0.25, 0.3) is 0 Å². The fourth-order valence-corrected chi connectivity index (χ4v) is 1.08. The summed E-state index contributed by atoms with van der Waals surface area (Å²) in [4.78, 5) is 21.1. The van der Waals surface area contributed by atoms with Gasteiger partial charge in [-0.3, -0.25) is 0 Å². The number of carbonyl (C=O) groups is 2. The van der Waals surface area contributed by atoms with Gasteiger partial charge in [0, 0.05) is 0 Å². The Hall–Kier alpha value is -2.05. The van der Waals surface area contributed by atoms with E-state index in [1.54, 1.807) is 0 Å². The summed E-state index contributed by atoms with van der Waals surface area (Å²) in [6.07, 6.45) is -4.71. The molecule has 0 amide bonds. The Kier molecular flexibility index (Phi) is 5.35. The Morgan fingerprint density at radius 3 is 1.78 bits per heavy atom. The molecule has 0 aromatic heterocycles. The second-order valence-electron chi connectivity index (χ2n) is 2.87. The van der Waals surface area contributed by atoms with Crippen LogP contribution in [0.15, 0.2) is 18.2 Å². The number of carboxylic acid groups (broad SMARTS) is 2. The molecular weight excluding hydrogens is 253 g/mol. The van der Waals surface area contributed by atoms with Crippen LogP contribution in [0.5, 0.6) is 0 Å². The Morgan fingerprint density at radius 1 is 1.00 bits per heavy atom. The molecule has 0 atom stereocenters. The van der Waals surface area contributed by atoms with Crippen LogP contribution in [0.3, 0.4) is 0 Å². The molecule has 0 aliphatic heterocycles. The summed E-state index contributed by atoms with van der Waals surface area (Å²) in [5.41, 5.74) is -2.77. The fourth-order valence-electron chi connectivity index (χ4n) is 1.08. The van der Waals surface area contributed by atoms with E-state index < -0.39 is 34.8 Å². The molecule has 0 spiro atoms. The molecule has 18 heavy (non-hydrogen) atoms. The number of hydrogen-bond donors (Lipinski definition) is 2. The van der Waals surface area contributed by atoms with Gasteiger partial charge in [-0.1, -0.05) is 13.8 Å². The smallest absolute Gasteiger partial charge is 0.416 e. The minimum atomic E-state index is -4.71. The van der Waals surface area contributed by atoms with Crippen molar-refractivity contribution < 1.29 is 33.0 Å². The number of hydrogen-bond acceptors (Lipinski definition) is 2. The minimum absolute atomic E-state index is 0.297. The Balaban J connectivity index is 0.00000137. The van der Waals surface area contributed by atoms with Crippen LogP contribution in [0.4, 0.5) is 13.2 Å². The molecule has 100 valence electrons. The second kappa shape index (κ2) is 6.04. The quantitative estimate of drug-likeness (QED) is 0.860. The summed E-state index contributed by atoms with van der Waals surface area (Å²) >= 11 is 0. The van der Waals surface area contributed by atoms with Crippen LogP contribution in [0, 0.1) is 0 Å². The van der Waals surface area contributed by atoms with Gasteiger partial charge in [0.2, 0.25) is 0 Å². The van der Waals surface area contributed by atoms with E-state index in [1.165, 1.54) is 0 Å². The maximum atomic E-state index is 12.2. The van der Waals surface area contributed by atoms with Gasteiger partial charge in [-0.2, -0.15) is 13.2 Å². The summed E-state index contributed by atoms with van der Waals surface area (Å²) in [5, 5.41) is 17.1. The van der Waals surface area contributed by atoms with Crippen molar-refractivity contribution in [3.63, 3.8) is 0 Å². The Bertz CT molecular complexity index is 452. The van der Waals surface area contributed by atoms with Crippen molar-refractivity contribution in [2.45, 2.75) is 20.0 Å². The topological polar surface area (TPSA) is 74.6 Å². The lowest BCUT2D eigenvalue weighted by atomic mass is 10.0. The lowest BCUT2D eigenvalue weighted by molar-refractivity contribution is -0.137. The summed E-state index contributed by atoms with van der Waals surface area (Å²) in [6.45, 7) is 4.00. The Morgan fingerprint density at radius 2 is 1.44 bits per heavy atom. The second-order valence-corrected chi connectivity index (χ2v) is 2.87. The highest BCUT2D eigenvalue weighted by atomic mass is 19.4. The third-order valence-corrected chi connectivity index (χ3v) is 1.81. The van der Waals surface area contributed by atoms with Gasteiger partial charge in [-0.15, -0.1) is 0 Å². The highest BCUT2D eigenvalue weighted by Gasteiger charge is 2.32. The highest BCUT2D eigenvalue weighted by molar-refractivity contribution is 6.01. The number of rotatable bonds is 2. The third-order valence-electron chi connectivity index (χ3n) is 1.81. The zero-order chi connectivity index (χ0) is 14.5. The summed E-state index contributed by atoms with van der Waals surface area (Å²) in [6, 6.07) is 1.44. The van der Waals surface area contributed by atoms with Gasteiger partial charge in [-0.05, 0) is 18.2 Å². The number of carboxylic acids is 2. The van der Waals surface area contributed by atoms with Crippen LogP contribution >= 0.6 is 0 Å². The lowest BCUT2D eigenvalue weighted by Crippen LogP contribution is -2.12. The summed E-state index contributed by atoms with van der Waals surface area (Å²) in [5.74, 6) is -3.31. The van der Waals surface area contributed by atoms with Gasteiger partial charge in [0.15, 0.2) is 0 Å². The molecule has 4 nitrogen and oxygen atoms in total. The summed E-state index contributed by atoms with van der Waals surface area (Å²) < 4.78 is 36.7. The van der Waals surface area contributed by atoms with Crippen molar-refractivity contribution >= 4 is 11.9 Å². The zero-order valence-corrected chi connectivity index (χ0v) is 9.58. The van der Waals surface area contributed by atoms with Crippen LogP contribution in [0.25, 0.3) is 0 Å². The van der Waals surface area contributed by atoms with Crippen molar-refractivity contribution in [2.75, 3.05) is 0 Å². The SMILES string of the molecule is CC.O=C(O)c1ccc(C(F)(F)F)cc1C(=O)O. The van der Waals surface area contributed by atoms with E-state index in [0.29, 0.717) is 18.2 Å². The first kappa shape index (κ1) is 16.0. The molecule has 1 rings (SSSR count). The van der Waals surface area contributed by atoms with Crippen molar-refractivity contribution in [3.05, 3.63) is 34.9 Å². The molecule has 0 unspecified atom stereocenters. The average Bonchev–Trinajstić information content (AvgIpc) is 2.29. The lowest BCUT2D eigenvalue weighted by Gasteiger charge is -2.08. The number of benzene rings is 1. The maximum Gasteiger partial charge on any atom is 0.416 e. The van der Waals surface area contributed by atoms with Crippen LogP contribution in [-0.2, 0) is 6.18 Å². The van der Waals surface area contributed by atoms with Gasteiger partial charge < -0.3 is 10.2 Å². The number of halogens is 3. The number of alkyl halides is 3. The molecule has 7 heteroatoms. The minimum Gasteiger partial charge on any atom is -0.478 e. The molecule has 0 fully saturated rings. The summed E-state index contributed by atoms with van der Waals surface area (Å²) in [7, 11) is 0. The van der Waals surface area contributed by atoms with E-state index in [2.05, 4.69) is 0 Å². The van der Waals surface area contributed by atoms with Gasteiger partial charge in [-0.25, -0.2) is 9.59 Å². The van der Waals surface area contributed by atoms with Crippen LogP contribution in [-0.4, -0.2) is 22.2 Å². The number of aromatic carboxylic acids is 2. The maximum absolute atomic E-state index is 12.2. The molecular formula is C11H11F3O4. The molecule has 0 aliphatic rings. The molecule has 0 saturated heterocycles. The van der Waals surface area contributed by atoms with Crippen LogP contribution in [0.1, 0.15) is 40.1 Å². The molecule has 1 aromatic rings. The zero-order valence-electron chi connectivity index (χ0n) is 9.58. The molecule has 1 aromatic carbocycles. The van der Waals surface area contributed by atoms with E-state index in [0.717, 1.165) is 0 Å². The van der Waals surface area contributed by atoms with Crippen molar-refractivity contribution in [2.24, 2.45) is 0 Å². The highest BCUT2D eigenvalue weighted by Crippen LogP contribution is 2.30. The van der Waals surface area contributed by atoms with E-state index in [9.17, 15) is 22.8 Å².